The van der Waals surface area contributed by atoms with Crippen LogP contribution in [0.1, 0.15) is 26.0 Å². The summed E-state index contributed by atoms with van der Waals surface area (Å²) in [6.07, 6.45) is 0.722. The second-order valence-electron chi connectivity index (χ2n) is 5.22. The highest BCUT2D eigenvalue weighted by atomic mass is 32.1. The number of thiazole rings is 1. The zero-order valence-electron chi connectivity index (χ0n) is 12.1. The summed E-state index contributed by atoms with van der Waals surface area (Å²) in [5.41, 5.74) is -0.0969. The molecule has 0 aromatic carbocycles. The Kier molecular flexibility index (Phi) is 4.26. The minimum absolute atomic E-state index is 0.0860. The van der Waals surface area contributed by atoms with E-state index in [9.17, 15) is 14.4 Å². The predicted molar refractivity (Wildman–Crippen MR) is 77.0 cm³/mol. The van der Waals surface area contributed by atoms with Crippen LogP contribution in [0.2, 0.25) is 0 Å². The zero-order valence-corrected chi connectivity index (χ0v) is 13.0. The molecule has 0 unspecified atom stereocenters. The summed E-state index contributed by atoms with van der Waals surface area (Å²) in [6, 6.07) is 0. The molecule has 1 fully saturated rings. The molecule has 114 valence electrons. The highest BCUT2D eigenvalue weighted by Gasteiger charge is 2.42. The van der Waals surface area contributed by atoms with Gasteiger partial charge < -0.3 is 9.64 Å². The van der Waals surface area contributed by atoms with E-state index >= 15 is 0 Å². The number of rotatable bonds is 4. The lowest BCUT2D eigenvalue weighted by molar-refractivity contribution is -0.140. The van der Waals surface area contributed by atoms with E-state index in [1.165, 1.54) is 18.4 Å². The smallest absolute Gasteiger partial charge is 0.305 e. The van der Waals surface area contributed by atoms with Crippen LogP contribution in [0.4, 0.5) is 5.13 Å². The highest BCUT2D eigenvalue weighted by Crippen LogP contribution is 2.29. The molecule has 0 bridgehead atoms. The van der Waals surface area contributed by atoms with E-state index < -0.39 is 5.54 Å². The van der Waals surface area contributed by atoms with Crippen LogP contribution in [0.15, 0.2) is 5.38 Å². The minimum atomic E-state index is -0.842. The standard InChI is InChI=1S/C13H17N3O4S/c1-13(2)11(19)15-9(17)6-16(13)12-14-8(7-21-12)4-5-10(18)20-3/h7H,4-6H2,1-3H3,(H,15,17,19). The number of esters is 1. The maximum Gasteiger partial charge on any atom is 0.305 e. The molecule has 8 heteroatoms. The van der Waals surface area contributed by atoms with Crippen LogP contribution < -0.4 is 10.2 Å². The Hall–Kier alpha value is -1.96. The predicted octanol–water partition coefficient (Wildman–Crippen LogP) is 0.490. The van der Waals surface area contributed by atoms with Gasteiger partial charge in [0.25, 0.3) is 5.91 Å². The van der Waals surface area contributed by atoms with Gasteiger partial charge in [-0.05, 0) is 13.8 Å². The highest BCUT2D eigenvalue weighted by molar-refractivity contribution is 7.13. The number of ether oxygens (including phenoxy) is 1. The van der Waals surface area contributed by atoms with Crippen molar-refractivity contribution in [1.29, 1.82) is 0 Å². The fraction of sp³-hybridized carbons (Fsp3) is 0.538. The first-order chi connectivity index (χ1) is 9.84. The Balaban J connectivity index is 2.14. The van der Waals surface area contributed by atoms with E-state index in [0.717, 1.165) is 5.69 Å². The average molecular weight is 311 g/mol. The summed E-state index contributed by atoms with van der Waals surface area (Å²) in [7, 11) is 1.34. The van der Waals surface area contributed by atoms with Gasteiger partial charge in [-0.3, -0.25) is 19.7 Å². The second kappa shape index (κ2) is 5.80. The van der Waals surface area contributed by atoms with Crippen LogP contribution >= 0.6 is 11.3 Å². The number of nitrogens with one attached hydrogen (secondary N) is 1. The molecule has 0 radical (unpaired) electrons. The quantitative estimate of drug-likeness (QED) is 0.643. The molecule has 0 atom stereocenters. The van der Waals surface area contributed by atoms with Gasteiger partial charge in [-0.15, -0.1) is 11.3 Å². The number of hydrogen-bond donors (Lipinski definition) is 1. The summed E-state index contributed by atoms with van der Waals surface area (Å²) in [5, 5.41) is 4.74. The van der Waals surface area contributed by atoms with Gasteiger partial charge in [0.05, 0.1) is 19.2 Å². The van der Waals surface area contributed by atoms with Gasteiger partial charge in [-0.2, -0.15) is 0 Å². The molecule has 2 heterocycles. The van der Waals surface area contributed by atoms with Crippen molar-refractivity contribution < 1.29 is 19.1 Å². The van der Waals surface area contributed by atoms with Crippen LogP contribution in [0.3, 0.4) is 0 Å². The van der Waals surface area contributed by atoms with Crippen molar-refractivity contribution in [2.45, 2.75) is 32.2 Å². The Morgan fingerprint density at radius 2 is 2.24 bits per heavy atom. The molecule has 1 aliphatic heterocycles. The number of carbonyl (C=O) groups is 3. The normalized spacial score (nSPS) is 17.6. The number of methoxy groups -OCH3 is 1. The van der Waals surface area contributed by atoms with Crippen LogP contribution in [0.5, 0.6) is 0 Å². The lowest BCUT2D eigenvalue weighted by Crippen LogP contribution is -2.64. The number of nitrogens with zero attached hydrogens (tertiary/aromatic N) is 2. The molecule has 0 spiro atoms. The summed E-state index contributed by atoms with van der Waals surface area (Å²) in [6.45, 7) is 3.57. The van der Waals surface area contributed by atoms with Gasteiger partial charge in [-0.1, -0.05) is 0 Å². The lowest BCUT2D eigenvalue weighted by Gasteiger charge is -2.39. The largest absolute Gasteiger partial charge is 0.469 e. The molecular formula is C13H17N3O4S. The van der Waals surface area contributed by atoms with Crippen molar-refractivity contribution in [3.05, 3.63) is 11.1 Å². The molecule has 1 aromatic heterocycles. The van der Waals surface area contributed by atoms with Crippen molar-refractivity contribution in [3.63, 3.8) is 0 Å². The molecule has 1 aliphatic rings. The third kappa shape index (κ3) is 3.21. The SMILES string of the molecule is COC(=O)CCc1csc(N2CC(=O)NC(=O)C2(C)C)n1. The summed E-state index contributed by atoms with van der Waals surface area (Å²) in [4.78, 5) is 40.7. The molecule has 21 heavy (non-hydrogen) atoms. The number of imide groups is 1. The van der Waals surface area contributed by atoms with Crippen LogP contribution in [0, 0.1) is 0 Å². The van der Waals surface area contributed by atoms with E-state index in [0.29, 0.717) is 11.6 Å². The Morgan fingerprint density at radius 3 is 2.90 bits per heavy atom. The average Bonchev–Trinajstić information content (AvgIpc) is 2.89. The van der Waals surface area contributed by atoms with Crippen molar-refractivity contribution in [2.24, 2.45) is 0 Å². The molecule has 1 N–H and O–H groups in total. The maximum absolute atomic E-state index is 11.9. The van der Waals surface area contributed by atoms with E-state index in [-0.39, 0.29) is 30.7 Å². The zero-order chi connectivity index (χ0) is 15.6. The van der Waals surface area contributed by atoms with Crippen molar-refractivity contribution in [1.82, 2.24) is 10.3 Å². The monoisotopic (exact) mass is 311 g/mol. The number of anilines is 1. The van der Waals surface area contributed by atoms with Crippen molar-refractivity contribution >= 4 is 34.3 Å². The van der Waals surface area contributed by atoms with Crippen molar-refractivity contribution in [3.8, 4) is 0 Å². The third-order valence-corrected chi connectivity index (χ3v) is 4.28. The summed E-state index contributed by atoms with van der Waals surface area (Å²) >= 11 is 1.35. The molecule has 7 nitrogen and oxygen atoms in total. The lowest BCUT2D eigenvalue weighted by atomic mass is 10.00. The first-order valence-corrected chi connectivity index (χ1v) is 7.35. The van der Waals surface area contributed by atoms with Gasteiger partial charge in [-0.25, -0.2) is 4.98 Å². The number of amides is 2. The van der Waals surface area contributed by atoms with E-state index in [2.05, 4.69) is 15.0 Å². The number of piperazine rings is 1. The van der Waals surface area contributed by atoms with E-state index in [4.69, 9.17) is 0 Å². The Morgan fingerprint density at radius 1 is 1.52 bits per heavy atom. The fourth-order valence-electron chi connectivity index (χ4n) is 1.96. The molecular weight excluding hydrogens is 294 g/mol. The van der Waals surface area contributed by atoms with Gasteiger partial charge in [0.1, 0.15) is 12.1 Å². The van der Waals surface area contributed by atoms with E-state index in [1.807, 2.05) is 5.38 Å². The van der Waals surface area contributed by atoms with Crippen LogP contribution in [-0.2, 0) is 25.5 Å². The summed E-state index contributed by atoms with van der Waals surface area (Å²) in [5.74, 6) is -0.979. The topological polar surface area (TPSA) is 88.6 Å². The van der Waals surface area contributed by atoms with Gasteiger partial charge in [0, 0.05) is 11.8 Å². The third-order valence-electron chi connectivity index (χ3n) is 3.37. The molecule has 0 aliphatic carbocycles. The van der Waals surface area contributed by atoms with Crippen LogP contribution in [-0.4, -0.2) is 42.0 Å². The molecule has 2 amide bonds. The van der Waals surface area contributed by atoms with Gasteiger partial charge >= 0.3 is 5.97 Å². The Bertz CT molecular complexity index is 582. The molecule has 2 rings (SSSR count). The molecule has 0 saturated carbocycles. The number of aryl methyl sites for hydroxylation is 1. The maximum atomic E-state index is 11.9. The Labute approximate surface area is 126 Å². The first kappa shape index (κ1) is 15.4. The van der Waals surface area contributed by atoms with Crippen LogP contribution in [0.25, 0.3) is 0 Å². The van der Waals surface area contributed by atoms with Crippen molar-refractivity contribution in [2.75, 3.05) is 18.6 Å². The first-order valence-electron chi connectivity index (χ1n) is 6.47. The molecule has 1 aromatic rings. The second-order valence-corrected chi connectivity index (χ2v) is 6.06. The number of aromatic nitrogens is 1. The van der Waals surface area contributed by atoms with Gasteiger partial charge in [0.2, 0.25) is 5.91 Å². The number of hydrogen-bond acceptors (Lipinski definition) is 7. The van der Waals surface area contributed by atoms with E-state index in [1.54, 1.807) is 18.7 Å². The molecule has 1 saturated heterocycles. The number of carbonyl (C=O) groups excluding carboxylic acids is 3. The summed E-state index contributed by atoms with van der Waals surface area (Å²) < 4.78 is 4.58. The fourth-order valence-corrected chi connectivity index (χ4v) is 2.96. The van der Waals surface area contributed by atoms with Gasteiger partial charge in [0.15, 0.2) is 5.13 Å². The minimum Gasteiger partial charge on any atom is -0.469 e.